The standard InChI is InChI=1S/C28H35ClN4O2/c1-31(2)18-19-33(27(34)22-14-16-23(29)17-15-22)20-25-26(21-10-6-4-7-11-21)30-35-28(25)32(3)24-12-8-5-9-13-24/h4,6-7,10-11,14-17,24H,5,8-9,12-13,18-20H2,1-3H3. The highest BCUT2D eigenvalue weighted by Gasteiger charge is 2.29. The molecule has 7 heteroatoms. The van der Waals surface area contributed by atoms with Crippen molar-refractivity contribution in [2.75, 3.05) is 39.1 Å². The van der Waals surface area contributed by atoms with E-state index < -0.39 is 0 Å². The smallest absolute Gasteiger partial charge is 0.254 e. The third kappa shape index (κ3) is 6.24. The number of hydrogen-bond acceptors (Lipinski definition) is 5. The molecule has 1 aliphatic carbocycles. The summed E-state index contributed by atoms with van der Waals surface area (Å²) in [4.78, 5) is 19.8. The zero-order valence-electron chi connectivity index (χ0n) is 20.9. The van der Waals surface area contributed by atoms with Gasteiger partial charge in [0.15, 0.2) is 0 Å². The summed E-state index contributed by atoms with van der Waals surface area (Å²) < 4.78 is 6.00. The van der Waals surface area contributed by atoms with Gasteiger partial charge in [0.1, 0.15) is 5.69 Å². The van der Waals surface area contributed by atoms with Crippen LogP contribution in [0, 0.1) is 0 Å². The van der Waals surface area contributed by atoms with E-state index in [0.717, 1.165) is 42.1 Å². The van der Waals surface area contributed by atoms with Crippen molar-refractivity contribution >= 4 is 23.4 Å². The van der Waals surface area contributed by atoms with Gasteiger partial charge >= 0.3 is 0 Å². The van der Waals surface area contributed by atoms with Crippen LogP contribution < -0.4 is 4.90 Å². The minimum atomic E-state index is -0.0324. The van der Waals surface area contributed by atoms with Gasteiger partial charge in [-0.1, -0.05) is 66.4 Å². The van der Waals surface area contributed by atoms with Gasteiger partial charge in [0.05, 0.1) is 12.1 Å². The fraction of sp³-hybridized carbons (Fsp3) is 0.429. The van der Waals surface area contributed by atoms with E-state index in [9.17, 15) is 4.79 Å². The molecule has 1 fully saturated rings. The molecule has 6 nitrogen and oxygen atoms in total. The Morgan fingerprint density at radius 3 is 2.31 bits per heavy atom. The van der Waals surface area contributed by atoms with Gasteiger partial charge in [-0.15, -0.1) is 0 Å². The minimum Gasteiger partial charge on any atom is -0.340 e. The van der Waals surface area contributed by atoms with Crippen LogP contribution in [0.5, 0.6) is 0 Å². The fourth-order valence-corrected chi connectivity index (χ4v) is 4.84. The quantitative estimate of drug-likeness (QED) is 0.367. The predicted molar refractivity (Wildman–Crippen MR) is 142 cm³/mol. The molecule has 1 aliphatic rings. The van der Waals surface area contributed by atoms with Gasteiger partial charge < -0.3 is 19.2 Å². The molecule has 0 saturated heterocycles. The number of aromatic nitrogens is 1. The largest absolute Gasteiger partial charge is 0.340 e. The Bertz CT molecular complexity index is 1090. The number of nitrogens with zero attached hydrogens (tertiary/aromatic N) is 4. The molecule has 0 N–H and O–H groups in total. The number of hydrogen-bond donors (Lipinski definition) is 0. The van der Waals surface area contributed by atoms with Gasteiger partial charge in [-0.2, -0.15) is 0 Å². The molecule has 2 aromatic carbocycles. The minimum absolute atomic E-state index is 0.0324. The Morgan fingerprint density at radius 1 is 0.971 bits per heavy atom. The Morgan fingerprint density at radius 2 is 1.66 bits per heavy atom. The van der Waals surface area contributed by atoms with Gasteiger partial charge in [-0.05, 0) is 51.2 Å². The van der Waals surface area contributed by atoms with E-state index in [1.165, 1.54) is 19.3 Å². The molecule has 1 heterocycles. The molecule has 0 spiro atoms. The summed E-state index contributed by atoms with van der Waals surface area (Å²) in [7, 11) is 6.13. The third-order valence-corrected chi connectivity index (χ3v) is 7.05. The SMILES string of the molecule is CN(C)CCN(Cc1c(-c2ccccc2)noc1N(C)C1CCCCC1)C(=O)c1ccc(Cl)cc1. The first-order valence-electron chi connectivity index (χ1n) is 12.4. The van der Waals surface area contributed by atoms with E-state index in [-0.39, 0.29) is 5.91 Å². The molecule has 0 atom stereocenters. The van der Waals surface area contributed by atoms with Crippen molar-refractivity contribution in [3.05, 3.63) is 70.7 Å². The monoisotopic (exact) mass is 494 g/mol. The summed E-state index contributed by atoms with van der Waals surface area (Å²) in [6.45, 7) is 1.74. The molecule has 0 aliphatic heterocycles. The third-order valence-electron chi connectivity index (χ3n) is 6.80. The summed E-state index contributed by atoms with van der Waals surface area (Å²) >= 11 is 6.07. The first kappa shape index (κ1) is 25.3. The average molecular weight is 495 g/mol. The highest BCUT2D eigenvalue weighted by Crippen LogP contribution is 2.35. The molecule has 186 valence electrons. The van der Waals surface area contributed by atoms with Crippen molar-refractivity contribution in [1.29, 1.82) is 0 Å². The summed E-state index contributed by atoms with van der Waals surface area (Å²) in [5.41, 5.74) is 3.35. The molecule has 3 aromatic rings. The Labute approximate surface area is 213 Å². The van der Waals surface area contributed by atoms with Crippen LogP contribution in [-0.4, -0.2) is 61.1 Å². The number of likely N-dealkylation sites (N-methyl/N-ethyl adjacent to an activating group) is 1. The van der Waals surface area contributed by atoms with Crippen LogP contribution in [0.4, 0.5) is 5.88 Å². The summed E-state index contributed by atoms with van der Waals surface area (Å²) in [6, 6.07) is 17.6. The predicted octanol–water partition coefficient (Wildman–Crippen LogP) is 5.97. The zero-order chi connectivity index (χ0) is 24.8. The van der Waals surface area contributed by atoms with Crippen LogP contribution in [0.15, 0.2) is 59.1 Å². The van der Waals surface area contributed by atoms with Crippen molar-refractivity contribution in [1.82, 2.24) is 15.0 Å². The Balaban J connectivity index is 1.71. The van der Waals surface area contributed by atoms with Crippen molar-refractivity contribution in [2.45, 2.75) is 44.7 Å². The van der Waals surface area contributed by atoms with E-state index in [4.69, 9.17) is 16.1 Å². The van der Waals surface area contributed by atoms with Gasteiger partial charge in [0.25, 0.3) is 5.91 Å². The summed E-state index contributed by atoms with van der Waals surface area (Å²) in [5, 5.41) is 5.13. The van der Waals surface area contributed by atoms with Gasteiger partial charge in [0, 0.05) is 42.3 Å². The molecule has 1 aromatic heterocycles. The number of amides is 1. The van der Waals surface area contributed by atoms with Crippen LogP contribution in [0.3, 0.4) is 0 Å². The second-order valence-electron chi connectivity index (χ2n) is 9.62. The van der Waals surface area contributed by atoms with Gasteiger partial charge in [-0.3, -0.25) is 4.79 Å². The lowest BCUT2D eigenvalue weighted by atomic mass is 9.94. The van der Waals surface area contributed by atoms with Crippen LogP contribution in [0.25, 0.3) is 11.3 Å². The first-order valence-corrected chi connectivity index (χ1v) is 12.8. The van der Waals surface area contributed by atoms with E-state index >= 15 is 0 Å². The first-order chi connectivity index (χ1) is 16.9. The molecule has 1 saturated carbocycles. The van der Waals surface area contributed by atoms with Crippen molar-refractivity contribution in [3.8, 4) is 11.3 Å². The number of carbonyl (C=O) groups excluding carboxylic acids is 1. The Hall–Kier alpha value is -2.83. The molecule has 35 heavy (non-hydrogen) atoms. The van der Waals surface area contributed by atoms with E-state index in [1.807, 2.05) is 49.3 Å². The number of halogens is 1. The van der Waals surface area contributed by atoms with E-state index in [0.29, 0.717) is 29.7 Å². The molecule has 0 radical (unpaired) electrons. The number of anilines is 1. The maximum Gasteiger partial charge on any atom is 0.254 e. The lowest BCUT2D eigenvalue weighted by molar-refractivity contribution is 0.0732. The Kier molecular flexibility index (Phi) is 8.47. The van der Waals surface area contributed by atoms with Crippen LogP contribution >= 0.6 is 11.6 Å². The van der Waals surface area contributed by atoms with E-state index in [1.54, 1.807) is 24.3 Å². The molecular formula is C28H35ClN4O2. The highest BCUT2D eigenvalue weighted by molar-refractivity contribution is 6.30. The fourth-order valence-electron chi connectivity index (χ4n) is 4.72. The van der Waals surface area contributed by atoms with Crippen LogP contribution in [0.2, 0.25) is 5.02 Å². The number of carbonyl (C=O) groups is 1. The molecule has 0 unspecified atom stereocenters. The van der Waals surface area contributed by atoms with Crippen molar-refractivity contribution in [3.63, 3.8) is 0 Å². The highest BCUT2D eigenvalue weighted by atomic mass is 35.5. The summed E-state index contributed by atoms with van der Waals surface area (Å²) in [6.07, 6.45) is 6.04. The second-order valence-corrected chi connectivity index (χ2v) is 10.1. The molecule has 0 bridgehead atoms. The van der Waals surface area contributed by atoms with Gasteiger partial charge in [-0.25, -0.2) is 0 Å². The van der Waals surface area contributed by atoms with Crippen molar-refractivity contribution in [2.24, 2.45) is 0 Å². The number of rotatable bonds is 9. The molecule has 4 rings (SSSR count). The van der Waals surface area contributed by atoms with Crippen molar-refractivity contribution < 1.29 is 9.32 Å². The lowest BCUT2D eigenvalue weighted by Gasteiger charge is -2.32. The molecule has 1 amide bonds. The lowest BCUT2D eigenvalue weighted by Crippen LogP contribution is -2.37. The van der Waals surface area contributed by atoms with E-state index in [2.05, 4.69) is 22.0 Å². The van der Waals surface area contributed by atoms with Gasteiger partial charge in [0.2, 0.25) is 5.88 Å². The maximum atomic E-state index is 13.6. The topological polar surface area (TPSA) is 52.8 Å². The average Bonchev–Trinajstić information content (AvgIpc) is 3.30. The maximum absolute atomic E-state index is 13.6. The molecular weight excluding hydrogens is 460 g/mol. The van der Waals surface area contributed by atoms with Crippen LogP contribution in [0.1, 0.15) is 48.0 Å². The number of benzene rings is 2. The summed E-state index contributed by atoms with van der Waals surface area (Å²) in [5.74, 6) is 0.726. The normalized spacial score (nSPS) is 14.3. The second kappa shape index (κ2) is 11.7. The van der Waals surface area contributed by atoms with Crippen LogP contribution in [-0.2, 0) is 6.54 Å². The zero-order valence-corrected chi connectivity index (χ0v) is 21.7.